The van der Waals surface area contributed by atoms with Gasteiger partial charge in [-0.05, 0) is 50.1 Å². The first-order chi connectivity index (χ1) is 14.9. The molecule has 1 saturated heterocycles. The first kappa shape index (κ1) is 19.8. The highest BCUT2D eigenvalue weighted by molar-refractivity contribution is 7.92. The Morgan fingerprint density at radius 2 is 1.94 bits per heavy atom. The van der Waals surface area contributed by atoms with Crippen LogP contribution in [0.4, 0.5) is 11.5 Å². The second kappa shape index (κ2) is 7.23. The molecule has 0 bridgehead atoms. The van der Waals surface area contributed by atoms with Crippen LogP contribution in [0.2, 0.25) is 0 Å². The third-order valence-corrected chi connectivity index (χ3v) is 7.45. The summed E-state index contributed by atoms with van der Waals surface area (Å²) in [4.78, 5) is 29.4. The van der Waals surface area contributed by atoms with Gasteiger partial charge in [-0.3, -0.25) is 9.52 Å². The molecule has 1 aliphatic carbocycles. The average molecular weight is 441 g/mol. The fraction of sp³-hybridized carbons (Fsp3) is 0.381. The van der Waals surface area contributed by atoms with Crippen molar-refractivity contribution in [3.05, 3.63) is 48.4 Å². The predicted molar refractivity (Wildman–Crippen MR) is 119 cm³/mol. The highest BCUT2D eigenvalue weighted by Gasteiger charge is 2.53. The van der Waals surface area contributed by atoms with Gasteiger partial charge in [-0.25, -0.2) is 18.4 Å². The molecule has 31 heavy (non-hydrogen) atoms. The molecule has 2 fully saturated rings. The van der Waals surface area contributed by atoms with Gasteiger partial charge in [0.25, 0.3) is 5.91 Å². The number of aromatic nitrogens is 3. The van der Waals surface area contributed by atoms with Gasteiger partial charge in [0.05, 0.1) is 16.7 Å². The van der Waals surface area contributed by atoms with E-state index >= 15 is 0 Å². The molecule has 162 valence electrons. The molecular weight excluding hydrogens is 416 g/mol. The lowest BCUT2D eigenvalue weighted by Crippen LogP contribution is -2.57. The van der Waals surface area contributed by atoms with Crippen molar-refractivity contribution in [2.75, 3.05) is 35.0 Å². The van der Waals surface area contributed by atoms with E-state index in [0.29, 0.717) is 24.3 Å². The molecule has 2 aliphatic rings. The Labute approximate surface area is 180 Å². The maximum Gasteiger partial charge on any atom is 0.254 e. The van der Waals surface area contributed by atoms with Gasteiger partial charge in [-0.2, -0.15) is 0 Å². The lowest BCUT2D eigenvalue weighted by molar-refractivity contribution is 0.0624. The Morgan fingerprint density at radius 1 is 1.16 bits per heavy atom. The Morgan fingerprint density at radius 3 is 2.65 bits per heavy atom. The number of aromatic amines is 1. The van der Waals surface area contributed by atoms with E-state index in [-0.39, 0.29) is 17.2 Å². The number of amides is 1. The number of sulfonamides is 1. The summed E-state index contributed by atoms with van der Waals surface area (Å²) < 4.78 is 26.0. The van der Waals surface area contributed by atoms with E-state index in [9.17, 15) is 13.2 Å². The van der Waals surface area contributed by atoms with E-state index in [1.165, 1.54) is 0 Å². The van der Waals surface area contributed by atoms with E-state index in [1.807, 2.05) is 17.2 Å². The minimum absolute atomic E-state index is 0.00186. The van der Waals surface area contributed by atoms with Crippen LogP contribution in [0.5, 0.6) is 0 Å². The number of rotatable bonds is 5. The zero-order valence-electron chi connectivity index (χ0n) is 17.2. The van der Waals surface area contributed by atoms with Crippen molar-refractivity contribution in [3.8, 4) is 0 Å². The van der Waals surface area contributed by atoms with Crippen LogP contribution in [-0.2, 0) is 10.0 Å². The summed E-state index contributed by atoms with van der Waals surface area (Å²) in [6, 6.07) is 8.63. The molecule has 1 saturated carbocycles. The van der Waals surface area contributed by atoms with E-state index in [1.54, 1.807) is 37.5 Å². The Hall–Kier alpha value is -3.14. The largest absolute Gasteiger partial charge is 0.352 e. The Balaban J connectivity index is 1.33. The van der Waals surface area contributed by atoms with Gasteiger partial charge in [0.2, 0.25) is 10.0 Å². The van der Waals surface area contributed by atoms with Crippen LogP contribution in [0.1, 0.15) is 30.1 Å². The Kier molecular flexibility index (Phi) is 4.62. The lowest BCUT2D eigenvalue weighted by atomic mass is 10.1. The number of piperazine rings is 1. The van der Waals surface area contributed by atoms with Crippen LogP contribution < -0.4 is 9.62 Å². The molecule has 9 nitrogen and oxygen atoms in total. The number of anilines is 2. The summed E-state index contributed by atoms with van der Waals surface area (Å²) in [5.74, 6) is 0.885. The number of nitrogens with zero attached hydrogens (tertiary/aromatic N) is 4. The van der Waals surface area contributed by atoms with Crippen molar-refractivity contribution in [2.24, 2.45) is 0 Å². The fourth-order valence-corrected chi connectivity index (χ4v) is 4.89. The number of fused-ring (bicyclic) bond motifs is 1. The molecule has 1 aliphatic heterocycles. The molecule has 1 aromatic carbocycles. The fourth-order valence-electron chi connectivity index (χ4n) is 4.25. The van der Waals surface area contributed by atoms with Crippen molar-refractivity contribution in [2.45, 2.75) is 25.3 Å². The first-order valence-corrected chi connectivity index (χ1v) is 12.0. The third-order valence-electron chi connectivity index (χ3n) is 6.14. The van der Waals surface area contributed by atoms with E-state index in [2.05, 4.69) is 24.6 Å². The number of H-pyrrole nitrogens is 1. The SMILES string of the molecule is CCS(=O)(=O)Nc1ccc(C(=O)N2CCN(c3ncnc4[nH]ccc34)CC23CC3)cc1. The third kappa shape index (κ3) is 3.60. The van der Waals surface area contributed by atoms with Crippen molar-refractivity contribution >= 4 is 38.5 Å². The topological polar surface area (TPSA) is 111 Å². The standard InChI is InChI=1S/C21H24N6O3S/c1-2-31(29,30)25-16-5-3-15(4-6-16)20(28)27-12-11-26(13-21(27)8-9-21)19-17-7-10-22-18(17)23-14-24-19/h3-7,10,14,25H,2,8-9,11-13H2,1H3,(H,22,23,24). The summed E-state index contributed by atoms with van der Waals surface area (Å²) in [5, 5.41) is 0.989. The highest BCUT2D eigenvalue weighted by atomic mass is 32.2. The number of hydrogen-bond donors (Lipinski definition) is 2. The molecule has 2 N–H and O–H groups in total. The van der Waals surface area contributed by atoms with Crippen LogP contribution in [0, 0.1) is 0 Å². The molecule has 0 unspecified atom stereocenters. The normalized spacial score (nSPS) is 17.8. The summed E-state index contributed by atoms with van der Waals surface area (Å²) in [6.07, 6.45) is 5.36. The highest BCUT2D eigenvalue weighted by Crippen LogP contribution is 2.46. The monoisotopic (exact) mass is 440 g/mol. The molecular formula is C21H24N6O3S. The zero-order valence-corrected chi connectivity index (χ0v) is 18.0. The summed E-state index contributed by atoms with van der Waals surface area (Å²) in [7, 11) is -3.34. The maximum absolute atomic E-state index is 13.3. The van der Waals surface area contributed by atoms with Gasteiger partial charge in [-0.1, -0.05) is 0 Å². The molecule has 0 atom stereocenters. The van der Waals surface area contributed by atoms with E-state index in [0.717, 1.165) is 36.2 Å². The predicted octanol–water partition coefficient (Wildman–Crippen LogP) is 2.21. The maximum atomic E-state index is 13.3. The van der Waals surface area contributed by atoms with Crippen LogP contribution in [0.25, 0.3) is 11.0 Å². The quantitative estimate of drug-likeness (QED) is 0.629. The number of benzene rings is 1. The van der Waals surface area contributed by atoms with Gasteiger partial charge < -0.3 is 14.8 Å². The summed E-state index contributed by atoms with van der Waals surface area (Å²) >= 11 is 0. The minimum Gasteiger partial charge on any atom is -0.352 e. The first-order valence-electron chi connectivity index (χ1n) is 10.4. The molecule has 5 rings (SSSR count). The van der Waals surface area contributed by atoms with Crippen LogP contribution in [-0.4, -0.2) is 65.1 Å². The Bertz CT molecular complexity index is 1230. The zero-order chi connectivity index (χ0) is 21.6. The number of nitrogens with one attached hydrogen (secondary N) is 2. The van der Waals surface area contributed by atoms with Crippen LogP contribution in [0.3, 0.4) is 0 Å². The number of carbonyl (C=O) groups is 1. The van der Waals surface area contributed by atoms with Crippen molar-refractivity contribution in [3.63, 3.8) is 0 Å². The number of hydrogen-bond acceptors (Lipinski definition) is 6. The molecule has 0 radical (unpaired) electrons. The second-order valence-electron chi connectivity index (χ2n) is 8.12. The molecule has 3 heterocycles. The summed E-state index contributed by atoms with van der Waals surface area (Å²) in [5.41, 5.74) is 1.66. The molecule has 1 spiro atoms. The summed E-state index contributed by atoms with van der Waals surface area (Å²) in [6.45, 7) is 3.63. The molecule has 1 amide bonds. The average Bonchev–Trinajstić information content (AvgIpc) is 3.35. The second-order valence-corrected chi connectivity index (χ2v) is 10.1. The van der Waals surface area contributed by atoms with E-state index in [4.69, 9.17) is 0 Å². The van der Waals surface area contributed by atoms with Gasteiger partial charge >= 0.3 is 0 Å². The van der Waals surface area contributed by atoms with Gasteiger partial charge in [-0.15, -0.1) is 0 Å². The van der Waals surface area contributed by atoms with Crippen LogP contribution in [0.15, 0.2) is 42.9 Å². The van der Waals surface area contributed by atoms with Crippen molar-refractivity contribution in [1.29, 1.82) is 0 Å². The van der Waals surface area contributed by atoms with E-state index < -0.39 is 10.0 Å². The van der Waals surface area contributed by atoms with Crippen LogP contribution >= 0.6 is 0 Å². The molecule has 2 aromatic heterocycles. The van der Waals surface area contributed by atoms with Gasteiger partial charge in [0.15, 0.2) is 0 Å². The molecule has 10 heteroatoms. The molecule has 3 aromatic rings. The minimum atomic E-state index is -3.34. The van der Waals surface area contributed by atoms with Gasteiger partial charge in [0.1, 0.15) is 17.8 Å². The number of carbonyl (C=O) groups excluding carboxylic acids is 1. The lowest BCUT2D eigenvalue weighted by Gasteiger charge is -2.43. The smallest absolute Gasteiger partial charge is 0.254 e. The van der Waals surface area contributed by atoms with Gasteiger partial charge in [0, 0.05) is 37.1 Å². The van der Waals surface area contributed by atoms with Crippen molar-refractivity contribution < 1.29 is 13.2 Å². The van der Waals surface area contributed by atoms with Crippen molar-refractivity contribution in [1.82, 2.24) is 19.9 Å².